The molecule has 0 aliphatic heterocycles. The van der Waals surface area contributed by atoms with Crippen LogP contribution in [0.1, 0.15) is 31.8 Å². The van der Waals surface area contributed by atoms with Crippen LogP contribution in [0.5, 0.6) is 5.75 Å². The van der Waals surface area contributed by atoms with Gasteiger partial charge in [-0.3, -0.25) is 4.79 Å². The minimum Gasteiger partial charge on any atom is -0.489 e. The maximum Gasteiger partial charge on any atom is 0.335 e. The number of nitrogens with one attached hydrogen (secondary N) is 1. The highest BCUT2D eigenvalue weighted by molar-refractivity contribution is 9.10. The van der Waals surface area contributed by atoms with Crippen molar-refractivity contribution in [2.45, 2.75) is 6.61 Å². The summed E-state index contributed by atoms with van der Waals surface area (Å²) in [5.74, 6) is -0.694. The summed E-state index contributed by atoms with van der Waals surface area (Å²) in [6, 6.07) is 20.8. The molecule has 0 saturated heterocycles. The highest BCUT2D eigenvalue weighted by Gasteiger charge is 2.05. The van der Waals surface area contributed by atoms with E-state index >= 15 is 0 Å². The van der Waals surface area contributed by atoms with E-state index in [-0.39, 0.29) is 11.5 Å². The number of benzene rings is 3. The Morgan fingerprint density at radius 2 is 1.55 bits per heavy atom. The Morgan fingerprint density at radius 3 is 2.17 bits per heavy atom. The van der Waals surface area contributed by atoms with Crippen molar-refractivity contribution >= 4 is 34.0 Å². The summed E-state index contributed by atoms with van der Waals surface area (Å²) < 4.78 is 6.72. The van der Waals surface area contributed by atoms with Crippen molar-refractivity contribution in [2.75, 3.05) is 0 Å². The number of hydrogen-bond acceptors (Lipinski definition) is 4. The number of carboxylic acids is 1. The summed E-state index contributed by atoms with van der Waals surface area (Å²) in [4.78, 5) is 23.0. The third-order valence-electron chi connectivity index (χ3n) is 3.97. The van der Waals surface area contributed by atoms with E-state index < -0.39 is 5.97 Å². The molecule has 0 spiro atoms. The molecule has 29 heavy (non-hydrogen) atoms. The number of aromatic carboxylic acids is 1. The van der Waals surface area contributed by atoms with Crippen molar-refractivity contribution in [3.8, 4) is 5.75 Å². The molecule has 0 bridgehead atoms. The number of amides is 1. The average Bonchev–Trinajstić information content (AvgIpc) is 2.74. The Kier molecular flexibility index (Phi) is 6.76. The predicted molar refractivity (Wildman–Crippen MR) is 113 cm³/mol. The zero-order valence-corrected chi connectivity index (χ0v) is 16.8. The second-order valence-electron chi connectivity index (χ2n) is 6.07. The van der Waals surface area contributed by atoms with Gasteiger partial charge in [0.15, 0.2) is 0 Å². The van der Waals surface area contributed by atoms with Gasteiger partial charge in [-0.05, 0) is 59.7 Å². The fourth-order valence-electron chi connectivity index (χ4n) is 2.39. The molecule has 0 unspecified atom stereocenters. The fourth-order valence-corrected chi connectivity index (χ4v) is 2.66. The van der Waals surface area contributed by atoms with E-state index in [2.05, 4.69) is 26.5 Å². The lowest BCUT2D eigenvalue weighted by atomic mass is 10.1. The Labute approximate surface area is 176 Å². The molecule has 0 fully saturated rings. The van der Waals surface area contributed by atoms with E-state index in [4.69, 9.17) is 9.84 Å². The van der Waals surface area contributed by atoms with E-state index in [0.717, 1.165) is 10.0 Å². The van der Waals surface area contributed by atoms with Crippen molar-refractivity contribution in [1.29, 1.82) is 0 Å². The average molecular weight is 453 g/mol. The quantitative estimate of drug-likeness (QED) is 0.408. The maximum absolute atomic E-state index is 12.2. The van der Waals surface area contributed by atoms with Crippen LogP contribution in [0.2, 0.25) is 0 Å². The molecule has 0 aromatic heterocycles. The first kappa shape index (κ1) is 20.3. The van der Waals surface area contributed by atoms with E-state index in [1.165, 1.54) is 18.3 Å². The summed E-state index contributed by atoms with van der Waals surface area (Å²) in [6.07, 6.45) is 1.44. The molecular weight excluding hydrogens is 436 g/mol. The predicted octanol–water partition coefficient (Wildman–Crippen LogP) is 4.49. The molecule has 0 aliphatic rings. The van der Waals surface area contributed by atoms with Gasteiger partial charge in [0.05, 0.1) is 11.8 Å². The fraction of sp³-hybridized carbons (Fsp3) is 0.0455. The molecule has 0 saturated carbocycles. The summed E-state index contributed by atoms with van der Waals surface area (Å²) in [7, 11) is 0. The Bertz CT molecular complexity index is 1010. The molecule has 0 atom stereocenters. The van der Waals surface area contributed by atoms with Crippen LogP contribution in [0.4, 0.5) is 0 Å². The minimum atomic E-state index is -0.994. The standard InChI is InChI=1S/C22H17BrN2O4/c23-19-9-3-16(4-10-19)14-29-20-11-7-17(8-12-20)21(26)25-24-13-15-1-5-18(6-2-15)22(27)28/h1-13H,14H2,(H,25,26)(H,27,28)/b24-13-. The lowest BCUT2D eigenvalue weighted by Gasteiger charge is -2.07. The number of rotatable bonds is 7. The van der Waals surface area contributed by atoms with Gasteiger partial charge in [0.25, 0.3) is 5.91 Å². The normalized spacial score (nSPS) is 10.7. The van der Waals surface area contributed by atoms with Crippen molar-refractivity contribution in [3.63, 3.8) is 0 Å². The molecular formula is C22H17BrN2O4. The molecule has 3 rings (SSSR count). The number of hydrazone groups is 1. The van der Waals surface area contributed by atoms with Crippen molar-refractivity contribution < 1.29 is 19.4 Å². The van der Waals surface area contributed by atoms with Gasteiger partial charge in [0.2, 0.25) is 0 Å². The summed E-state index contributed by atoms with van der Waals surface area (Å²) >= 11 is 3.39. The van der Waals surface area contributed by atoms with E-state index in [1.54, 1.807) is 36.4 Å². The SMILES string of the molecule is O=C(O)c1ccc(/C=N\NC(=O)c2ccc(OCc3ccc(Br)cc3)cc2)cc1. The van der Waals surface area contributed by atoms with Crippen LogP contribution in [-0.4, -0.2) is 23.2 Å². The number of carbonyl (C=O) groups is 2. The highest BCUT2D eigenvalue weighted by Crippen LogP contribution is 2.16. The first-order valence-corrected chi connectivity index (χ1v) is 9.44. The lowest BCUT2D eigenvalue weighted by molar-refractivity contribution is 0.0696. The van der Waals surface area contributed by atoms with Gasteiger partial charge in [0, 0.05) is 10.0 Å². The first-order valence-electron chi connectivity index (χ1n) is 8.65. The molecule has 6 nitrogen and oxygen atoms in total. The summed E-state index contributed by atoms with van der Waals surface area (Å²) in [5, 5.41) is 12.8. The molecule has 7 heteroatoms. The Hall–Kier alpha value is -3.45. The molecule has 0 aliphatic carbocycles. The van der Waals surface area contributed by atoms with Gasteiger partial charge in [-0.2, -0.15) is 5.10 Å². The van der Waals surface area contributed by atoms with E-state index in [0.29, 0.717) is 23.5 Å². The largest absolute Gasteiger partial charge is 0.489 e. The molecule has 0 radical (unpaired) electrons. The minimum absolute atomic E-state index is 0.189. The Balaban J connectivity index is 1.51. The van der Waals surface area contributed by atoms with Gasteiger partial charge >= 0.3 is 5.97 Å². The van der Waals surface area contributed by atoms with E-state index in [1.807, 2.05) is 24.3 Å². The zero-order valence-electron chi connectivity index (χ0n) is 15.2. The van der Waals surface area contributed by atoms with Gasteiger partial charge in [-0.15, -0.1) is 0 Å². The molecule has 3 aromatic rings. The lowest BCUT2D eigenvalue weighted by Crippen LogP contribution is -2.17. The van der Waals surface area contributed by atoms with Crippen molar-refractivity contribution in [2.24, 2.45) is 5.10 Å². The molecule has 2 N–H and O–H groups in total. The molecule has 1 amide bonds. The monoisotopic (exact) mass is 452 g/mol. The number of nitrogens with zero attached hydrogens (tertiary/aromatic N) is 1. The first-order chi connectivity index (χ1) is 14.0. The van der Waals surface area contributed by atoms with Crippen LogP contribution in [0, 0.1) is 0 Å². The van der Waals surface area contributed by atoms with E-state index in [9.17, 15) is 9.59 Å². The number of carbonyl (C=O) groups excluding carboxylic acids is 1. The summed E-state index contributed by atoms with van der Waals surface area (Å²) in [5.41, 5.74) is 4.78. The van der Waals surface area contributed by atoms with Gasteiger partial charge in [-0.1, -0.05) is 40.2 Å². The molecule has 146 valence electrons. The maximum atomic E-state index is 12.2. The van der Waals surface area contributed by atoms with Gasteiger partial charge in [0.1, 0.15) is 12.4 Å². The van der Waals surface area contributed by atoms with Crippen LogP contribution >= 0.6 is 15.9 Å². The van der Waals surface area contributed by atoms with Gasteiger partial charge < -0.3 is 9.84 Å². The van der Waals surface area contributed by atoms with Crippen LogP contribution in [-0.2, 0) is 6.61 Å². The van der Waals surface area contributed by atoms with Crippen LogP contribution in [0.3, 0.4) is 0 Å². The number of ether oxygens (including phenoxy) is 1. The smallest absolute Gasteiger partial charge is 0.335 e. The molecule has 0 heterocycles. The second-order valence-corrected chi connectivity index (χ2v) is 6.98. The van der Waals surface area contributed by atoms with Crippen molar-refractivity contribution in [3.05, 3.63) is 99.5 Å². The van der Waals surface area contributed by atoms with Crippen LogP contribution < -0.4 is 10.2 Å². The van der Waals surface area contributed by atoms with Crippen LogP contribution in [0.15, 0.2) is 82.4 Å². The third kappa shape index (κ3) is 6.02. The molecule has 3 aromatic carbocycles. The van der Waals surface area contributed by atoms with Crippen LogP contribution in [0.25, 0.3) is 0 Å². The number of hydrogen-bond donors (Lipinski definition) is 2. The summed E-state index contributed by atoms with van der Waals surface area (Å²) in [6.45, 7) is 0.434. The van der Waals surface area contributed by atoms with Gasteiger partial charge in [-0.25, -0.2) is 10.2 Å². The number of carboxylic acid groups (broad SMARTS) is 1. The Morgan fingerprint density at radius 1 is 0.931 bits per heavy atom. The second kappa shape index (κ2) is 9.66. The third-order valence-corrected chi connectivity index (χ3v) is 4.50. The van der Waals surface area contributed by atoms with Crippen molar-refractivity contribution in [1.82, 2.24) is 5.43 Å². The highest BCUT2D eigenvalue weighted by atomic mass is 79.9. The topological polar surface area (TPSA) is 88.0 Å². The zero-order chi connectivity index (χ0) is 20.6. The number of halogens is 1.